The molecule has 1 amide bonds. The molecule has 0 spiro atoms. The molecular formula is C14H20N2O3. The fraction of sp³-hybridized carbons (Fsp3) is 0.500. The number of hydrogen-bond donors (Lipinski definition) is 2. The van der Waals surface area contributed by atoms with Gasteiger partial charge in [0.05, 0.1) is 13.7 Å². The quantitative estimate of drug-likeness (QED) is 0.846. The van der Waals surface area contributed by atoms with Gasteiger partial charge in [0.25, 0.3) is 0 Å². The van der Waals surface area contributed by atoms with Gasteiger partial charge >= 0.3 is 0 Å². The number of nitrogens with one attached hydrogen (secondary N) is 1. The van der Waals surface area contributed by atoms with Crippen molar-refractivity contribution in [3.8, 4) is 5.75 Å². The van der Waals surface area contributed by atoms with Crippen molar-refractivity contribution >= 4 is 11.6 Å². The molecule has 2 rings (SSSR count). The third-order valence-electron chi connectivity index (χ3n) is 3.46. The van der Waals surface area contributed by atoms with Gasteiger partial charge in [0.1, 0.15) is 11.8 Å². The van der Waals surface area contributed by atoms with Crippen molar-refractivity contribution in [1.82, 2.24) is 5.32 Å². The standard InChI is InChI=1S/C14H20N2O3/c1-10-7-8-15-13(9-17)14(18)16(10)11-3-5-12(19-2)6-4-11/h3-6,10,13,15,17H,7-9H2,1-2H3. The lowest BCUT2D eigenvalue weighted by Gasteiger charge is -2.29. The Kier molecular flexibility index (Phi) is 4.39. The molecule has 2 unspecified atom stereocenters. The summed E-state index contributed by atoms with van der Waals surface area (Å²) in [5, 5.41) is 12.4. The fourth-order valence-electron chi connectivity index (χ4n) is 2.34. The number of aliphatic hydroxyl groups excluding tert-OH is 1. The summed E-state index contributed by atoms with van der Waals surface area (Å²) in [4.78, 5) is 14.2. The van der Waals surface area contributed by atoms with Crippen molar-refractivity contribution in [3.63, 3.8) is 0 Å². The number of amides is 1. The average Bonchev–Trinajstić information content (AvgIpc) is 2.57. The van der Waals surface area contributed by atoms with Crippen LogP contribution in [0, 0.1) is 0 Å². The minimum atomic E-state index is -0.521. The Labute approximate surface area is 113 Å². The van der Waals surface area contributed by atoms with Gasteiger partial charge in [0, 0.05) is 11.7 Å². The van der Waals surface area contributed by atoms with Crippen LogP contribution in [0.5, 0.6) is 5.75 Å². The second-order valence-electron chi connectivity index (χ2n) is 4.73. The molecule has 1 aliphatic heterocycles. The van der Waals surface area contributed by atoms with Gasteiger partial charge in [-0.1, -0.05) is 0 Å². The molecule has 0 radical (unpaired) electrons. The van der Waals surface area contributed by atoms with E-state index in [-0.39, 0.29) is 18.6 Å². The van der Waals surface area contributed by atoms with Gasteiger partial charge in [0.15, 0.2) is 0 Å². The number of anilines is 1. The first-order valence-corrected chi connectivity index (χ1v) is 6.48. The van der Waals surface area contributed by atoms with Crippen LogP contribution in [0.2, 0.25) is 0 Å². The third kappa shape index (κ3) is 2.88. The van der Waals surface area contributed by atoms with E-state index in [0.29, 0.717) is 0 Å². The van der Waals surface area contributed by atoms with Gasteiger partial charge in [-0.2, -0.15) is 0 Å². The molecule has 104 valence electrons. The highest BCUT2D eigenvalue weighted by molar-refractivity contribution is 5.98. The van der Waals surface area contributed by atoms with E-state index in [4.69, 9.17) is 4.74 Å². The van der Waals surface area contributed by atoms with E-state index >= 15 is 0 Å². The number of benzene rings is 1. The number of aliphatic hydroxyl groups is 1. The van der Waals surface area contributed by atoms with Crippen molar-refractivity contribution in [1.29, 1.82) is 0 Å². The number of methoxy groups -OCH3 is 1. The smallest absolute Gasteiger partial charge is 0.246 e. The lowest BCUT2D eigenvalue weighted by Crippen LogP contribution is -2.47. The van der Waals surface area contributed by atoms with Gasteiger partial charge < -0.3 is 20.1 Å². The summed E-state index contributed by atoms with van der Waals surface area (Å²) in [6.45, 7) is 2.56. The van der Waals surface area contributed by atoms with Crippen molar-refractivity contribution < 1.29 is 14.6 Å². The van der Waals surface area contributed by atoms with Crippen LogP contribution in [-0.2, 0) is 4.79 Å². The molecule has 0 aliphatic carbocycles. The Hall–Kier alpha value is -1.59. The highest BCUT2D eigenvalue weighted by Gasteiger charge is 2.31. The molecule has 1 saturated heterocycles. The van der Waals surface area contributed by atoms with Crippen LogP contribution in [0.15, 0.2) is 24.3 Å². The zero-order valence-electron chi connectivity index (χ0n) is 11.3. The van der Waals surface area contributed by atoms with Crippen LogP contribution in [0.3, 0.4) is 0 Å². The first-order valence-electron chi connectivity index (χ1n) is 6.48. The molecule has 1 aliphatic rings. The molecule has 2 N–H and O–H groups in total. The molecule has 1 fully saturated rings. The van der Waals surface area contributed by atoms with Crippen LogP contribution < -0.4 is 15.0 Å². The lowest BCUT2D eigenvalue weighted by molar-refractivity contribution is -0.121. The molecule has 5 heteroatoms. The first-order chi connectivity index (χ1) is 9.17. The average molecular weight is 264 g/mol. The largest absolute Gasteiger partial charge is 0.497 e. The third-order valence-corrected chi connectivity index (χ3v) is 3.46. The maximum Gasteiger partial charge on any atom is 0.246 e. The first kappa shape index (κ1) is 13.8. The second kappa shape index (κ2) is 6.04. The Bertz CT molecular complexity index is 433. The van der Waals surface area contributed by atoms with E-state index in [9.17, 15) is 9.90 Å². The zero-order valence-corrected chi connectivity index (χ0v) is 11.3. The predicted molar refractivity (Wildman–Crippen MR) is 73.4 cm³/mol. The molecule has 19 heavy (non-hydrogen) atoms. The van der Waals surface area contributed by atoms with E-state index in [1.165, 1.54) is 0 Å². The highest BCUT2D eigenvalue weighted by Crippen LogP contribution is 2.24. The number of carbonyl (C=O) groups is 1. The van der Waals surface area contributed by atoms with Crippen LogP contribution in [0.1, 0.15) is 13.3 Å². The Morgan fingerprint density at radius 2 is 2.11 bits per heavy atom. The topological polar surface area (TPSA) is 61.8 Å². The number of nitrogens with zero attached hydrogens (tertiary/aromatic N) is 1. The van der Waals surface area contributed by atoms with Crippen LogP contribution in [0.4, 0.5) is 5.69 Å². The van der Waals surface area contributed by atoms with E-state index in [1.54, 1.807) is 12.0 Å². The van der Waals surface area contributed by atoms with E-state index in [0.717, 1.165) is 24.4 Å². The minimum Gasteiger partial charge on any atom is -0.497 e. The Balaban J connectivity index is 2.29. The highest BCUT2D eigenvalue weighted by atomic mass is 16.5. The molecule has 1 aromatic rings. The van der Waals surface area contributed by atoms with Gasteiger partial charge in [-0.3, -0.25) is 4.79 Å². The number of carbonyl (C=O) groups excluding carboxylic acids is 1. The van der Waals surface area contributed by atoms with Gasteiger partial charge in [-0.15, -0.1) is 0 Å². The molecule has 0 bridgehead atoms. The summed E-state index contributed by atoms with van der Waals surface area (Å²) in [7, 11) is 1.61. The fourth-order valence-corrected chi connectivity index (χ4v) is 2.34. The van der Waals surface area contributed by atoms with E-state index in [1.807, 2.05) is 31.2 Å². The summed E-state index contributed by atoms with van der Waals surface area (Å²) in [6, 6.07) is 6.99. The molecular weight excluding hydrogens is 244 g/mol. The number of hydrogen-bond acceptors (Lipinski definition) is 4. The molecule has 0 saturated carbocycles. The Morgan fingerprint density at radius 1 is 1.42 bits per heavy atom. The second-order valence-corrected chi connectivity index (χ2v) is 4.73. The number of ether oxygens (including phenoxy) is 1. The van der Waals surface area contributed by atoms with Crippen LogP contribution in [0.25, 0.3) is 0 Å². The lowest BCUT2D eigenvalue weighted by atomic mass is 10.1. The summed E-state index contributed by atoms with van der Waals surface area (Å²) in [5.74, 6) is 0.674. The SMILES string of the molecule is COc1ccc(N2C(=O)C(CO)NCCC2C)cc1. The normalized spacial score (nSPS) is 24.2. The van der Waals surface area contributed by atoms with Crippen molar-refractivity contribution in [2.45, 2.75) is 25.4 Å². The summed E-state index contributed by atoms with van der Waals surface area (Å²) in [5.41, 5.74) is 0.834. The van der Waals surface area contributed by atoms with E-state index in [2.05, 4.69) is 5.32 Å². The minimum absolute atomic E-state index is 0.0855. The maximum atomic E-state index is 12.4. The zero-order chi connectivity index (χ0) is 13.8. The van der Waals surface area contributed by atoms with E-state index < -0.39 is 6.04 Å². The van der Waals surface area contributed by atoms with Crippen LogP contribution in [-0.4, -0.2) is 43.4 Å². The van der Waals surface area contributed by atoms with Crippen molar-refractivity contribution in [2.24, 2.45) is 0 Å². The molecule has 5 nitrogen and oxygen atoms in total. The monoisotopic (exact) mass is 264 g/mol. The predicted octanol–water partition coefficient (Wildman–Crippen LogP) is 0.771. The van der Waals surface area contributed by atoms with Gasteiger partial charge in [-0.25, -0.2) is 0 Å². The maximum absolute atomic E-state index is 12.4. The molecule has 2 atom stereocenters. The van der Waals surface area contributed by atoms with Crippen LogP contribution >= 0.6 is 0 Å². The summed E-state index contributed by atoms with van der Waals surface area (Å²) >= 11 is 0. The van der Waals surface area contributed by atoms with Crippen molar-refractivity contribution in [3.05, 3.63) is 24.3 Å². The molecule has 1 heterocycles. The van der Waals surface area contributed by atoms with Gasteiger partial charge in [-0.05, 0) is 44.2 Å². The van der Waals surface area contributed by atoms with Crippen molar-refractivity contribution in [2.75, 3.05) is 25.2 Å². The Morgan fingerprint density at radius 3 is 2.68 bits per heavy atom. The van der Waals surface area contributed by atoms with Gasteiger partial charge in [0.2, 0.25) is 5.91 Å². The molecule has 1 aromatic carbocycles. The summed E-state index contributed by atoms with van der Waals surface area (Å²) in [6.07, 6.45) is 0.855. The number of rotatable bonds is 3. The summed E-state index contributed by atoms with van der Waals surface area (Å²) < 4.78 is 5.12. The molecule has 0 aromatic heterocycles.